The number of methoxy groups -OCH3 is 2. The Morgan fingerprint density at radius 1 is 0.554 bits per heavy atom. The lowest BCUT2D eigenvalue weighted by Crippen LogP contribution is -2.36. The van der Waals surface area contributed by atoms with Crippen molar-refractivity contribution >= 4 is 21.5 Å². The fraction of sp³-hybridized carbons (Fsp3) is 0.319. The largest absolute Gasteiger partial charge is 0.508 e. The van der Waals surface area contributed by atoms with Gasteiger partial charge in [-0.3, -0.25) is 0 Å². The van der Waals surface area contributed by atoms with Crippen LogP contribution in [0.15, 0.2) is 48.5 Å². The predicted molar refractivity (Wildman–Crippen MR) is 221 cm³/mol. The molecule has 1 aliphatic carbocycles. The first-order valence-electron chi connectivity index (χ1n) is 19.2. The molecule has 0 fully saturated rings. The number of phenolic OH excluding ortho intramolecular Hbond substituents is 6. The second kappa shape index (κ2) is 13.4. The average molecular weight is 756 g/mol. The van der Waals surface area contributed by atoms with Crippen molar-refractivity contribution in [1.82, 2.24) is 5.32 Å². The fourth-order valence-electron chi connectivity index (χ4n) is 9.95. The van der Waals surface area contributed by atoms with Crippen LogP contribution in [0.1, 0.15) is 79.5 Å². The molecule has 0 saturated carbocycles. The van der Waals surface area contributed by atoms with Gasteiger partial charge in [-0.25, -0.2) is 0 Å². The Morgan fingerprint density at radius 2 is 1.02 bits per heavy atom. The summed E-state index contributed by atoms with van der Waals surface area (Å²) in [6, 6.07) is 13.7. The maximum atomic E-state index is 12.5. The number of hydrogen-bond acceptors (Lipinski definition) is 9. The first-order chi connectivity index (χ1) is 26.6. The third-order valence-electron chi connectivity index (χ3n) is 12.0. The van der Waals surface area contributed by atoms with Crippen LogP contribution in [-0.2, 0) is 12.8 Å². The summed E-state index contributed by atoms with van der Waals surface area (Å²) in [6.07, 6.45) is 2.02. The van der Waals surface area contributed by atoms with E-state index in [0.717, 1.165) is 34.2 Å². The highest BCUT2D eigenvalue weighted by atomic mass is 16.5. The van der Waals surface area contributed by atoms with E-state index in [1.54, 1.807) is 12.1 Å². The minimum atomic E-state index is -0.204. The Balaban J connectivity index is 1.55. The highest BCUT2D eigenvalue weighted by Gasteiger charge is 2.33. The summed E-state index contributed by atoms with van der Waals surface area (Å²) < 4.78 is 11.8. The van der Waals surface area contributed by atoms with E-state index in [2.05, 4.69) is 26.1 Å². The van der Waals surface area contributed by atoms with Crippen molar-refractivity contribution in [2.45, 2.75) is 78.8 Å². The van der Waals surface area contributed by atoms with Crippen LogP contribution in [0.5, 0.6) is 46.0 Å². The van der Waals surface area contributed by atoms with Gasteiger partial charge in [0.25, 0.3) is 0 Å². The van der Waals surface area contributed by atoms with E-state index in [0.29, 0.717) is 73.7 Å². The molecule has 9 heteroatoms. The smallest absolute Gasteiger partial charge is 0.135 e. The van der Waals surface area contributed by atoms with Gasteiger partial charge in [0.15, 0.2) is 0 Å². The van der Waals surface area contributed by atoms with E-state index < -0.39 is 0 Å². The minimum Gasteiger partial charge on any atom is -0.508 e. The number of hydrogen-bond donors (Lipinski definition) is 7. The van der Waals surface area contributed by atoms with Gasteiger partial charge < -0.3 is 45.4 Å². The number of ether oxygens (including phenoxy) is 2. The van der Waals surface area contributed by atoms with Gasteiger partial charge in [-0.05, 0) is 127 Å². The van der Waals surface area contributed by atoms with Crippen molar-refractivity contribution in [3.8, 4) is 79.4 Å². The van der Waals surface area contributed by atoms with Crippen LogP contribution in [0.25, 0.3) is 54.9 Å². The van der Waals surface area contributed by atoms with E-state index in [4.69, 9.17) is 9.47 Å². The van der Waals surface area contributed by atoms with Gasteiger partial charge in [0.1, 0.15) is 46.0 Å². The fourth-order valence-corrected chi connectivity index (χ4v) is 9.95. The highest BCUT2D eigenvalue weighted by molar-refractivity contribution is 6.13. The van der Waals surface area contributed by atoms with E-state index >= 15 is 0 Å². The molecule has 4 atom stereocenters. The van der Waals surface area contributed by atoms with Crippen molar-refractivity contribution in [2.75, 3.05) is 14.2 Å². The lowest BCUT2D eigenvalue weighted by atomic mass is 9.74. The molecule has 1 aliphatic heterocycles. The van der Waals surface area contributed by atoms with Crippen molar-refractivity contribution in [1.29, 1.82) is 0 Å². The average Bonchev–Trinajstić information content (AvgIpc) is 3.11. The van der Waals surface area contributed by atoms with Gasteiger partial charge in [0.05, 0.1) is 25.0 Å². The summed E-state index contributed by atoms with van der Waals surface area (Å²) in [5, 5.41) is 76.3. The molecule has 6 aromatic rings. The third-order valence-corrected chi connectivity index (χ3v) is 12.0. The van der Waals surface area contributed by atoms with Crippen molar-refractivity contribution < 1.29 is 40.1 Å². The van der Waals surface area contributed by atoms with Crippen LogP contribution >= 0.6 is 0 Å². The third kappa shape index (κ3) is 5.62. The summed E-state index contributed by atoms with van der Waals surface area (Å²) in [4.78, 5) is 0. The summed E-state index contributed by atoms with van der Waals surface area (Å²) in [7, 11) is 3.07. The van der Waals surface area contributed by atoms with E-state index in [1.165, 1.54) is 26.4 Å². The van der Waals surface area contributed by atoms with E-state index in [-0.39, 0.29) is 69.5 Å². The normalized spacial score (nSPS) is 19.2. The monoisotopic (exact) mass is 755 g/mol. The molecule has 0 aromatic heterocycles. The Hall–Kier alpha value is -5.80. The molecule has 4 unspecified atom stereocenters. The Labute approximate surface area is 326 Å². The Morgan fingerprint density at radius 3 is 1.50 bits per heavy atom. The number of aromatic hydroxyl groups is 6. The molecule has 8 rings (SSSR count). The molecule has 0 spiro atoms. The quantitative estimate of drug-likeness (QED) is 0.0912. The van der Waals surface area contributed by atoms with Crippen LogP contribution in [0, 0.1) is 19.8 Å². The topological polar surface area (TPSA) is 152 Å². The Kier molecular flexibility index (Phi) is 8.92. The molecule has 0 bridgehead atoms. The molecular formula is C47H49NO8. The molecule has 0 amide bonds. The molecule has 9 nitrogen and oxygen atoms in total. The van der Waals surface area contributed by atoms with Crippen LogP contribution < -0.4 is 14.8 Å². The lowest BCUT2D eigenvalue weighted by molar-refractivity contribution is 0.402. The number of fused-ring (bicyclic) bond motifs is 4. The molecule has 1 heterocycles. The van der Waals surface area contributed by atoms with Crippen LogP contribution in [0.4, 0.5) is 0 Å². The molecule has 0 radical (unpaired) electrons. The van der Waals surface area contributed by atoms with Crippen LogP contribution in [0.2, 0.25) is 0 Å². The summed E-state index contributed by atoms with van der Waals surface area (Å²) in [5.74, 6) is 0.653. The Bertz CT molecular complexity index is 2450. The SMILES string of the molecule is COc1cc(C)cc2c(-c3c(O)cc(O)c4c3CC(C)CC4C)cc(-c3cc(-c4c(O)cc(O)c5c4CC(C)NC5C)c4cc(C)cc(OC)c4c3O)c(O)c12. The van der Waals surface area contributed by atoms with Crippen LogP contribution in [0.3, 0.4) is 0 Å². The summed E-state index contributed by atoms with van der Waals surface area (Å²) in [5.41, 5.74) is 7.58. The second-order valence-corrected chi connectivity index (χ2v) is 16.2. The number of aryl methyl sites for hydroxylation is 2. The van der Waals surface area contributed by atoms with Crippen molar-refractivity contribution in [3.63, 3.8) is 0 Å². The zero-order chi connectivity index (χ0) is 40.1. The first kappa shape index (κ1) is 37.1. The van der Waals surface area contributed by atoms with Gasteiger partial charge in [-0.2, -0.15) is 0 Å². The number of benzene rings is 6. The lowest BCUT2D eigenvalue weighted by Gasteiger charge is -2.32. The first-order valence-corrected chi connectivity index (χ1v) is 19.2. The molecule has 56 heavy (non-hydrogen) atoms. The van der Waals surface area contributed by atoms with Gasteiger partial charge in [-0.15, -0.1) is 0 Å². The molecule has 2 aliphatic rings. The molecule has 7 N–H and O–H groups in total. The van der Waals surface area contributed by atoms with E-state index in [1.807, 2.05) is 45.0 Å². The number of phenols is 6. The zero-order valence-electron chi connectivity index (χ0n) is 33.0. The summed E-state index contributed by atoms with van der Waals surface area (Å²) >= 11 is 0. The number of rotatable bonds is 5. The van der Waals surface area contributed by atoms with Crippen LogP contribution in [-0.4, -0.2) is 50.9 Å². The predicted octanol–water partition coefficient (Wildman–Crippen LogP) is 10.1. The summed E-state index contributed by atoms with van der Waals surface area (Å²) in [6.45, 7) is 12.1. The maximum absolute atomic E-state index is 12.5. The molecule has 290 valence electrons. The zero-order valence-corrected chi connectivity index (χ0v) is 33.0. The number of nitrogens with one attached hydrogen (secondary N) is 1. The van der Waals surface area contributed by atoms with Gasteiger partial charge in [0, 0.05) is 57.6 Å². The van der Waals surface area contributed by atoms with Crippen molar-refractivity contribution in [2.24, 2.45) is 5.92 Å². The van der Waals surface area contributed by atoms with Crippen molar-refractivity contribution in [3.05, 3.63) is 81.9 Å². The standard InChI is InChI=1S/C47H49NO8/c1-20-9-23(4)40-32(12-20)42(36(51)18-34(40)49)28-16-30(46(53)44-26(28)10-21(2)13-38(44)55-7)31-17-29(27-11-22(3)14-39(56-8)45(27)47(31)54)43-33-15-24(5)48-25(6)41(33)35(50)19-37(43)52/h10-11,13-14,16-20,23-25,48-54H,9,12,15H2,1-8H3. The second-order valence-electron chi connectivity index (χ2n) is 16.2. The van der Waals surface area contributed by atoms with E-state index in [9.17, 15) is 30.6 Å². The molecule has 6 aromatic carbocycles. The molecule has 0 saturated heterocycles. The highest BCUT2D eigenvalue weighted by Crippen LogP contribution is 2.56. The van der Waals surface area contributed by atoms with Gasteiger partial charge in [-0.1, -0.05) is 26.0 Å². The minimum absolute atomic E-state index is 0.00917. The van der Waals surface area contributed by atoms with Gasteiger partial charge >= 0.3 is 0 Å². The van der Waals surface area contributed by atoms with Gasteiger partial charge in [0.2, 0.25) is 0 Å². The maximum Gasteiger partial charge on any atom is 0.135 e. The molecular weight excluding hydrogens is 707 g/mol.